The van der Waals surface area contributed by atoms with E-state index < -0.39 is 11.9 Å². The van der Waals surface area contributed by atoms with Gasteiger partial charge in [-0.05, 0) is 45.3 Å². The highest BCUT2D eigenvalue weighted by Gasteiger charge is 2.26. The van der Waals surface area contributed by atoms with Crippen molar-refractivity contribution in [2.45, 2.75) is 38.1 Å². The highest BCUT2D eigenvalue weighted by Crippen LogP contribution is 2.32. The summed E-state index contributed by atoms with van der Waals surface area (Å²) in [6.07, 6.45) is 6.47. The highest BCUT2D eigenvalue weighted by molar-refractivity contribution is 5.91. The summed E-state index contributed by atoms with van der Waals surface area (Å²) in [4.78, 5) is 24.6. The lowest BCUT2D eigenvalue weighted by atomic mass is 9.97. The van der Waals surface area contributed by atoms with E-state index in [4.69, 9.17) is 19.0 Å². The number of benzene rings is 1. The molecule has 0 radical (unpaired) electrons. The van der Waals surface area contributed by atoms with Crippen molar-refractivity contribution in [1.82, 2.24) is 24.9 Å². The Morgan fingerprint density at radius 2 is 2.06 bits per heavy atom. The minimum Gasteiger partial charge on any atom is -0.478 e. The molecule has 4 rings (SSSR count). The summed E-state index contributed by atoms with van der Waals surface area (Å²) in [6, 6.07) is 5.48. The van der Waals surface area contributed by atoms with E-state index in [1.807, 2.05) is 31.3 Å². The first kappa shape index (κ1) is 25.5. The molecule has 3 aromatic rings. The maximum Gasteiger partial charge on any atom is 0.331 e. The van der Waals surface area contributed by atoms with Crippen LogP contribution in [0.5, 0.6) is 0 Å². The number of ether oxygens (including phenoxy) is 2. The van der Waals surface area contributed by atoms with Crippen molar-refractivity contribution in [3.8, 4) is 11.5 Å². The number of hydrogen-bond acceptors (Lipinski definition) is 9. The van der Waals surface area contributed by atoms with Crippen molar-refractivity contribution >= 4 is 22.8 Å². The van der Waals surface area contributed by atoms with Crippen molar-refractivity contribution < 1.29 is 28.6 Å². The van der Waals surface area contributed by atoms with Crippen LogP contribution in [0.2, 0.25) is 0 Å². The van der Waals surface area contributed by atoms with Crippen molar-refractivity contribution in [3.05, 3.63) is 42.4 Å². The fourth-order valence-electron chi connectivity index (χ4n) is 4.27. The number of esters is 1. The number of nitrogens with zero attached hydrogens (tertiary/aromatic N) is 5. The van der Waals surface area contributed by atoms with Crippen molar-refractivity contribution in [2.24, 2.45) is 0 Å². The van der Waals surface area contributed by atoms with Gasteiger partial charge in [-0.1, -0.05) is 12.1 Å². The summed E-state index contributed by atoms with van der Waals surface area (Å²) in [5.74, 6) is -0.597. The molecule has 0 spiro atoms. The summed E-state index contributed by atoms with van der Waals surface area (Å²) in [5.41, 5.74) is 1.46. The molecule has 1 aliphatic rings. The van der Waals surface area contributed by atoms with E-state index in [0.717, 1.165) is 68.6 Å². The van der Waals surface area contributed by atoms with Gasteiger partial charge >= 0.3 is 11.9 Å². The Bertz CT molecular complexity index is 1210. The lowest BCUT2D eigenvalue weighted by molar-refractivity contribution is -0.139. The third kappa shape index (κ3) is 6.35. The fraction of sp³-hybridized carbons (Fsp3) is 0.480. The number of carboxylic acid groups (broad SMARTS) is 1. The van der Waals surface area contributed by atoms with Crippen molar-refractivity contribution in [2.75, 3.05) is 40.0 Å². The molecule has 1 saturated heterocycles. The highest BCUT2D eigenvalue weighted by atomic mass is 16.5. The molecule has 1 unspecified atom stereocenters. The predicted molar refractivity (Wildman–Crippen MR) is 130 cm³/mol. The second-order valence-electron chi connectivity index (χ2n) is 8.91. The summed E-state index contributed by atoms with van der Waals surface area (Å²) in [7, 11) is 1.73. The molecule has 1 atom stereocenters. The zero-order valence-corrected chi connectivity index (χ0v) is 20.5. The Balaban J connectivity index is 1.41. The minimum absolute atomic E-state index is 0.0426. The number of aliphatic carboxylic acids is 1. The smallest absolute Gasteiger partial charge is 0.331 e. The van der Waals surface area contributed by atoms with Crippen LogP contribution in [0.1, 0.15) is 44.0 Å². The van der Waals surface area contributed by atoms with Gasteiger partial charge in [0.1, 0.15) is 12.1 Å². The summed E-state index contributed by atoms with van der Waals surface area (Å²) in [6.45, 7) is 5.72. The van der Waals surface area contributed by atoms with Crippen LogP contribution in [0.3, 0.4) is 0 Å². The Hall–Kier alpha value is -3.57. The average molecular weight is 498 g/mol. The molecule has 2 aromatic heterocycles. The van der Waals surface area contributed by atoms with E-state index in [0.29, 0.717) is 17.3 Å². The molecular formula is C25H31N5O6. The van der Waals surface area contributed by atoms with Crippen LogP contribution in [0.4, 0.5) is 0 Å². The Morgan fingerprint density at radius 1 is 1.25 bits per heavy atom. The number of fused-ring (bicyclic) bond motifs is 1. The molecule has 1 N–H and O–H groups in total. The van der Waals surface area contributed by atoms with E-state index in [9.17, 15) is 9.59 Å². The van der Waals surface area contributed by atoms with Gasteiger partial charge in [0.15, 0.2) is 0 Å². The molecule has 0 aliphatic carbocycles. The van der Waals surface area contributed by atoms with E-state index in [1.165, 1.54) is 0 Å². The molecule has 0 saturated carbocycles. The zero-order valence-electron chi connectivity index (χ0n) is 20.5. The predicted octanol–water partition coefficient (Wildman–Crippen LogP) is 3.05. The Kier molecular flexibility index (Phi) is 8.44. The minimum atomic E-state index is -1.21. The lowest BCUT2D eigenvalue weighted by Crippen LogP contribution is -2.34. The quantitative estimate of drug-likeness (QED) is 0.239. The summed E-state index contributed by atoms with van der Waals surface area (Å²) >= 11 is 0. The maximum atomic E-state index is 11.7. The van der Waals surface area contributed by atoms with Gasteiger partial charge in [-0.3, -0.25) is 4.68 Å². The van der Waals surface area contributed by atoms with Crippen LogP contribution >= 0.6 is 0 Å². The largest absolute Gasteiger partial charge is 0.478 e. The van der Waals surface area contributed by atoms with Crippen LogP contribution in [0.15, 0.2) is 41.0 Å². The molecule has 1 aromatic carbocycles. The first-order chi connectivity index (χ1) is 17.4. The molecule has 3 heterocycles. The lowest BCUT2D eigenvalue weighted by Gasteiger charge is -2.30. The van der Waals surface area contributed by atoms with Gasteiger partial charge in [0.25, 0.3) is 0 Å². The second kappa shape index (κ2) is 11.9. The molecule has 192 valence electrons. The number of hydrogen-bond donors (Lipinski definition) is 1. The summed E-state index contributed by atoms with van der Waals surface area (Å²) < 4.78 is 18.1. The number of carbonyl (C=O) groups is 2. The first-order valence-electron chi connectivity index (χ1n) is 12.0. The molecule has 11 heteroatoms. The Morgan fingerprint density at radius 3 is 2.81 bits per heavy atom. The van der Waals surface area contributed by atoms with Crippen LogP contribution in [0, 0.1) is 0 Å². The van der Waals surface area contributed by atoms with E-state index in [2.05, 4.69) is 20.2 Å². The summed E-state index contributed by atoms with van der Waals surface area (Å²) in [5, 5.41) is 22.8. The van der Waals surface area contributed by atoms with Gasteiger partial charge in [0, 0.05) is 49.9 Å². The number of carboxylic acids is 1. The van der Waals surface area contributed by atoms with Crippen LogP contribution < -0.4 is 0 Å². The van der Waals surface area contributed by atoms with E-state index in [-0.39, 0.29) is 18.6 Å². The van der Waals surface area contributed by atoms with Gasteiger partial charge in [-0.25, -0.2) is 9.59 Å². The van der Waals surface area contributed by atoms with Crippen molar-refractivity contribution in [3.63, 3.8) is 0 Å². The monoisotopic (exact) mass is 497 g/mol. The number of methoxy groups -OCH3 is 1. The van der Waals surface area contributed by atoms with Crippen molar-refractivity contribution in [1.29, 1.82) is 0 Å². The van der Waals surface area contributed by atoms with Crippen LogP contribution in [-0.4, -0.2) is 81.9 Å². The molecule has 0 amide bonds. The van der Waals surface area contributed by atoms with Gasteiger partial charge in [0.05, 0.1) is 11.6 Å². The van der Waals surface area contributed by atoms with Crippen LogP contribution in [0.25, 0.3) is 22.4 Å². The van der Waals surface area contributed by atoms with Gasteiger partial charge in [-0.2, -0.15) is 5.10 Å². The van der Waals surface area contributed by atoms with Crippen LogP contribution in [-0.2, 0) is 19.1 Å². The van der Waals surface area contributed by atoms with E-state index in [1.54, 1.807) is 11.8 Å². The number of likely N-dealkylation sites (tertiary alicyclic amines) is 1. The number of carbonyl (C=O) groups excluding carboxylic acids is 1. The maximum absolute atomic E-state index is 11.7. The normalized spacial score (nSPS) is 16.1. The first-order valence-corrected chi connectivity index (χ1v) is 12.0. The standard InChI is InChI=1S/C25H31N5O6/c1-17(16-35-22(33)8-7-21(31)32)30-15-19-5-3-6-20(23(19)28-30)25-27-26-24(36-25)18-9-12-29(13-10-18)11-4-14-34-2/h3,5-8,15,17-18H,4,9-14,16H2,1-2H3,(H,31,32)/b8-7+. The third-order valence-electron chi connectivity index (χ3n) is 6.27. The molecule has 36 heavy (non-hydrogen) atoms. The number of rotatable bonds is 11. The fourth-order valence-corrected chi connectivity index (χ4v) is 4.27. The zero-order chi connectivity index (χ0) is 25.5. The van der Waals surface area contributed by atoms with Gasteiger partial charge in [0.2, 0.25) is 11.8 Å². The topological polar surface area (TPSA) is 133 Å². The third-order valence-corrected chi connectivity index (χ3v) is 6.27. The van der Waals surface area contributed by atoms with Gasteiger partial charge in [-0.15, -0.1) is 10.2 Å². The van der Waals surface area contributed by atoms with E-state index >= 15 is 0 Å². The molecule has 0 bridgehead atoms. The molecule has 1 aliphatic heterocycles. The Labute approximate surface area is 208 Å². The molecule has 11 nitrogen and oxygen atoms in total. The molecular weight excluding hydrogens is 466 g/mol. The SMILES string of the molecule is COCCCN1CCC(c2nnc(-c3cccc4cn(C(C)COC(=O)/C=C/C(=O)O)nc34)o2)CC1. The average Bonchev–Trinajstić information content (AvgIpc) is 3.54. The van der Waals surface area contributed by atoms with Gasteiger partial charge < -0.3 is 23.9 Å². The number of aromatic nitrogens is 4. The molecule has 1 fully saturated rings. The number of piperidine rings is 1. The second-order valence-corrected chi connectivity index (χ2v) is 8.91.